The molecule has 0 radical (unpaired) electrons. The van der Waals surface area contributed by atoms with Crippen molar-refractivity contribution in [2.75, 3.05) is 20.3 Å². The maximum absolute atomic E-state index is 5.26. The van der Waals surface area contributed by atoms with E-state index in [4.69, 9.17) is 9.26 Å². The van der Waals surface area contributed by atoms with E-state index in [1.165, 1.54) is 18.4 Å². The van der Waals surface area contributed by atoms with Gasteiger partial charge in [0.1, 0.15) is 0 Å². The topological polar surface area (TPSA) is 65.1 Å². The Morgan fingerprint density at radius 1 is 1.50 bits per heavy atom. The minimum Gasteiger partial charge on any atom is -0.383 e. The number of rotatable bonds is 8. The summed E-state index contributed by atoms with van der Waals surface area (Å²) >= 11 is 0. The van der Waals surface area contributed by atoms with Gasteiger partial charge < -0.3 is 19.1 Å². The van der Waals surface area contributed by atoms with E-state index >= 15 is 0 Å². The lowest BCUT2D eigenvalue weighted by atomic mass is 10.3. The van der Waals surface area contributed by atoms with Crippen molar-refractivity contribution in [3.05, 3.63) is 35.7 Å². The minimum atomic E-state index is 0.515. The molecule has 1 aliphatic carbocycles. The van der Waals surface area contributed by atoms with Crippen LogP contribution in [0.2, 0.25) is 0 Å². The van der Waals surface area contributed by atoms with E-state index in [0.717, 1.165) is 31.4 Å². The van der Waals surface area contributed by atoms with E-state index in [0.29, 0.717) is 12.5 Å². The van der Waals surface area contributed by atoms with Crippen LogP contribution in [0.1, 0.15) is 36.0 Å². The summed E-state index contributed by atoms with van der Waals surface area (Å²) in [7, 11) is 1.71. The Hall–Kier alpha value is -1.66. The fourth-order valence-electron chi connectivity index (χ4n) is 2.09. The highest BCUT2D eigenvalue weighted by atomic mass is 16.5. The maximum Gasteiger partial charge on any atom is 0.229 e. The molecule has 2 heterocycles. The highest BCUT2D eigenvalue weighted by molar-refractivity contribution is 5.11. The molecule has 3 rings (SSSR count). The molecule has 0 unspecified atom stereocenters. The van der Waals surface area contributed by atoms with E-state index in [-0.39, 0.29) is 0 Å². The van der Waals surface area contributed by atoms with Crippen LogP contribution in [-0.2, 0) is 17.8 Å². The third-order valence-corrected chi connectivity index (χ3v) is 3.36. The van der Waals surface area contributed by atoms with Crippen molar-refractivity contribution in [3.63, 3.8) is 0 Å². The molecule has 1 N–H and O–H groups in total. The SMILES string of the molecule is COCCNCc1ccn(Cc2noc(C3CC3)n2)c1. The van der Waals surface area contributed by atoms with Crippen molar-refractivity contribution in [2.45, 2.75) is 31.8 Å². The van der Waals surface area contributed by atoms with Crippen LogP contribution in [-0.4, -0.2) is 35.0 Å². The number of hydrogen-bond donors (Lipinski definition) is 1. The molecule has 6 heteroatoms. The molecule has 2 aromatic rings. The summed E-state index contributed by atoms with van der Waals surface area (Å²) in [5.74, 6) is 2.07. The van der Waals surface area contributed by atoms with Crippen molar-refractivity contribution in [1.82, 2.24) is 20.0 Å². The molecular weight excluding hydrogens is 256 g/mol. The van der Waals surface area contributed by atoms with Crippen molar-refractivity contribution >= 4 is 0 Å². The molecule has 1 fully saturated rings. The van der Waals surface area contributed by atoms with Gasteiger partial charge in [0.25, 0.3) is 0 Å². The monoisotopic (exact) mass is 276 g/mol. The maximum atomic E-state index is 5.26. The van der Waals surface area contributed by atoms with Crippen LogP contribution in [0, 0.1) is 0 Å². The van der Waals surface area contributed by atoms with E-state index < -0.39 is 0 Å². The fraction of sp³-hybridized carbons (Fsp3) is 0.571. The number of nitrogens with zero attached hydrogens (tertiary/aromatic N) is 3. The van der Waals surface area contributed by atoms with Crippen molar-refractivity contribution < 1.29 is 9.26 Å². The normalized spacial score (nSPS) is 14.8. The van der Waals surface area contributed by atoms with Crippen LogP contribution in [0.25, 0.3) is 0 Å². The highest BCUT2D eigenvalue weighted by Crippen LogP contribution is 2.38. The van der Waals surface area contributed by atoms with Gasteiger partial charge in [0, 0.05) is 38.5 Å². The second kappa shape index (κ2) is 6.19. The van der Waals surface area contributed by atoms with E-state index in [2.05, 4.69) is 32.3 Å². The second-order valence-corrected chi connectivity index (χ2v) is 5.18. The van der Waals surface area contributed by atoms with Gasteiger partial charge in [0.15, 0.2) is 5.82 Å². The van der Waals surface area contributed by atoms with Crippen molar-refractivity contribution in [1.29, 1.82) is 0 Å². The predicted molar refractivity (Wildman–Crippen MR) is 73.4 cm³/mol. The summed E-state index contributed by atoms with van der Waals surface area (Å²) < 4.78 is 12.3. The third-order valence-electron chi connectivity index (χ3n) is 3.36. The Labute approximate surface area is 118 Å². The van der Waals surface area contributed by atoms with Gasteiger partial charge >= 0.3 is 0 Å². The molecular formula is C14H20N4O2. The van der Waals surface area contributed by atoms with Crippen LogP contribution in [0.4, 0.5) is 0 Å². The van der Waals surface area contributed by atoms with Crippen LogP contribution < -0.4 is 5.32 Å². The molecule has 0 spiro atoms. The Kier molecular flexibility index (Phi) is 4.13. The zero-order valence-electron chi connectivity index (χ0n) is 11.7. The van der Waals surface area contributed by atoms with Gasteiger partial charge in [0.05, 0.1) is 13.2 Å². The first-order chi connectivity index (χ1) is 9.85. The number of hydrogen-bond acceptors (Lipinski definition) is 5. The van der Waals surface area contributed by atoms with Gasteiger partial charge in [-0.2, -0.15) is 4.98 Å². The average Bonchev–Trinajstić information content (AvgIpc) is 3.04. The Morgan fingerprint density at radius 3 is 3.20 bits per heavy atom. The number of aromatic nitrogens is 3. The molecule has 2 aromatic heterocycles. The van der Waals surface area contributed by atoms with E-state index in [1.807, 2.05) is 6.20 Å². The smallest absolute Gasteiger partial charge is 0.229 e. The quantitative estimate of drug-likeness (QED) is 0.741. The van der Waals surface area contributed by atoms with E-state index in [9.17, 15) is 0 Å². The Morgan fingerprint density at radius 2 is 2.40 bits per heavy atom. The predicted octanol–water partition coefficient (Wildman–Crippen LogP) is 1.53. The standard InChI is InChI=1S/C14H20N4O2/c1-19-7-5-15-8-11-4-6-18(9-11)10-13-16-14(20-17-13)12-2-3-12/h4,6,9,12,15H,2-3,5,7-8,10H2,1H3. The third kappa shape index (κ3) is 3.46. The van der Waals surface area contributed by atoms with Crippen LogP contribution in [0.15, 0.2) is 23.0 Å². The zero-order chi connectivity index (χ0) is 13.8. The van der Waals surface area contributed by atoms with Crippen LogP contribution in [0.3, 0.4) is 0 Å². The molecule has 0 aromatic carbocycles. The summed E-state index contributed by atoms with van der Waals surface area (Å²) in [6.45, 7) is 3.09. The molecule has 1 saturated carbocycles. The highest BCUT2D eigenvalue weighted by Gasteiger charge is 2.29. The molecule has 6 nitrogen and oxygen atoms in total. The molecule has 1 aliphatic rings. The van der Waals surface area contributed by atoms with Crippen molar-refractivity contribution in [3.8, 4) is 0 Å². The molecule has 0 amide bonds. The number of nitrogens with one attached hydrogen (secondary N) is 1. The fourth-order valence-corrected chi connectivity index (χ4v) is 2.09. The minimum absolute atomic E-state index is 0.515. The molecule has 0 saturated heterocycles. The second-order valence-electron chi connectivity index (χ2n) is 5.18. The Bertz CT molecular complexity index is 545. The van der Waals surface area contributed by atoms with Crippen LogP contribution in [0.5, 0.6) is 0 Å². The summed E-state index contributed by atoms with van der Waals surface area (Å²) in [4.78, 5) is 4.43. The van der Waals surface area contributed by atoms with Crippen molar-refractivity contribution in [2.24, 2.45) is 0 Å². The van der Waals surface area contributed by atoms with Gasteiger partial charge in [-0.05, 0) is 24.5 Å². The van der Waals surface area contributed by atoms with Gasteiger partial charge in [-0.3, -0.25) is 0 Å². The lowest BCUT2D eigenvalue weighted by Crippen LogP contribution is -2.18. The summed E-state index contributed by atoms with van der Waals surface area (Å²) in [6.07, 6.45) is 6.51. The molecule has 0 atom stereocenters. The van der Waals surface area contributed by atoms with Gasteiger partial charge in [-0.1, -0.05) is 5.16 Å². The number of ether oxygens (including phenoxy) is 1. The van der Waals surface area contributed by atoms with Gasteiger partial charge in [-0.15, -0.1) is 0 Å². The first-order valence-electron chi connectivity index (χ1n) is 7.02. The Balaban J connectivity index is 1.50. The molecule has 20 heavy (non-hydrogen) atoms. The molecule has 0 bridgehead atoms. The van der Waals surface area contributed by atoms with Crippen LogP contribution >= 0.6 is 0 Å². The summed E-state index contributed by atoms with van der Waals surface area (Å²) in [5.41, 5.74) is 1.24. The molecule has 0 aliphatic heterocycles. The largest absolute Gasteiger partial charge is 0.383 e. The lowest BCUT2D eigenvalue weighted by molar-refractivity contribution is 0.199. The lowest BCUT2D eigenvalue weighted by Gasteiger charge is -2.01. The van der Waals surface area contributed by atoms with Gasteiger partial charge in [-0.25, -0.2) is 0 Å². The average molecular weight is 276 g/mol. The molecule has 108 valence electrons. The first-order valence-corrected chi connectivity index (χ1v) is 7.02. The van der Waals surface area contributed by atoms with Gasteiger partial charge in [0.2, 0.25) is 5.89 Å². The first kappa shape index (κ1) is 13.3. The number of methoxy groups -OCH3 is 1. The summed E-state index contributed by atoms with van der Waals surface area (Å²) in [5, 5.41) is 7.35. The van der Waals surface area contributed by atoms with E-state index in [1.54, 1.807) is 7.11 Å². The summed E-state index contributed by atoms with van der Waals surface area (Å²) in [6, 6.07) is 2.10. The zero-order valence-corrected chi connectivity index (χ0v) is 11.7.